The monoisotopic (exact) mass is 278 g/mol. The molecule has 0 aliphatic carbocycles. The maximum Gasteiger partial charge on any atom is 0.0321 e. The van der Waals surface area contributed by atoms with Gasteiger partial charge in [0.2, 0.25) is 0 Å². The van der Waals surface area contributed by atoms with Crippen LogP contribution in [0.15, 0.2) is 36.4 Å². The molecule has 0 bridgehead atoms. The minimum Gasteiger partial charge on any atom is -0.115 e. The Hall–Kier alpha value is -1.01. The van der Waals surface area contributed by atoms with Crippen LogP contribution in [0.25, 0.3) is 10.8 Å². The largest absolute Gasteiger partial charge is 0.115 e. The molecule has 0 unspecified atom stereocenters. The molecule has 2 aromatic rings. The zero-order valence-corrected chi connectivity index (χ0v) is 9.08. The molecular weight excluding hydrogens is 271 g/mol. The second-order valence-electron chi connectivity index (χ2n) is 2.78. The Morgan fingerprint density at radius 3 is 2.46 bits per heavy atom. The van der Waals surface area contributed by atoms with E-state index in [1.165, 1.54) is 8.96 Å². The van der Waals surface area contributed by atoms with Crippen molar-refractivity contribution in [2.75, 3.05) is 0 Å². The van der Waals surface area contributed by atoms with Crippen molar-refractivity contribution < 1.29 is 0 Å². The quantitative estimate of drug-likeness (QED) is 0.511. The topological polar surface area (TPSA) is 0 Å². The zero-order chi connectivity index (χ0) is 9.26. The van der Waals surface area contributed by atoms with Gasteiger partial charge in [-0.3, -0.25) is 0 Å². The lowest BCUT2D eigenvalue weighted by atomic mass is 10.1. The molecule has 0 amide bonds. The van der Waals surface area contributed by atoms with Crippen molar-refractivity contribution in [2.45, 2.75) is 0 Å². The van der Waals surface area contributed by atoms with Crippen LogP contribution in [0.2, 0.25) is 0 Å². The van der Waals surface area contributed by atoms with Crippen molar-refractivity contribution in [1.29, 1.82) is 0 Å². The molecule has 0 radical (unpaired) electrons. The predicted octanol–water partition coefficient (Wildman–Crippen LogP) is 3.43. The van der Waals surface area contributed by atoms with E-state index in [1.54, 1.807) is 0 Å². The van der Waals surface area contributed by atoms with E-state index >= 15 is 0 Å². The molecule has 0 saturated carbocycles. The van der Waals surface area contributed by atoms with Gasteiger partial charge < -0.3 is 0 Å². The Labute approximate surface area is 91.1 Å². The number of hydrogen-bond donors (Lipinski definition) is 0. The van der Waals surface area contributed by atoms with Crippen LogP contribution in [0.3, 0.4) is 0 Å². The maximum atomic E-state index is 5.41. The van der Waals surface area contributed by atoms with Crippen molar-refractivity contribution in [2.24, 2.45) is 0 Å². The lowest BCUT2D eigenvalue weighted by Crippen LogP contribution is -1.81. The van der Waals surface area contributed by atoms with Crippen molar-refractivity contribution in [1.82, 2.24) is 0 Å². The minimum absolute atomic E-state index is 0.969. The van der Waals surface area contributed by atoms with Crippen LogP contribution in [0.5, 0.6) is 0 Å². The van der Waals surface area contributed by atoms with Gasteiger partial charge in [-0.25, -0.2) is 0 Å². The Morgan fingerprint density at radius 2 is 1.69 bits per heavy atom. The molecule has 0 heterocycles. The number of rotatable bonds is 0. The van der Waals surface area contributed by atoms with E-state index in [0.29, 0.717) is 0 Å². The molecule has 0 aliphatic heterocycles. The van der Waals surface area contributed by atoms with Crippen LogP contribution >= 0.6 is 22.6 Å². The van der Waals surface area contributed by atoms with Crippen LogP contribution in [0.1, 0.15) is 5.56 Å². The summed E-state index contributed by atoms with van der Waals surface area (Å²) in [6, 6.07) is 12.2. The van der Waals surface area contributed by atoms with E-state index in [1.807, 2.05) is 18.2 Å². The molecule has 0 nitrogen and oxygen atoms in total. The molecule has 0 fully saturated rings. The van der Waals surface area contributed by atoms with Crippen LogP contribution in [-0.4, -0.2) is 0 Å². The molecule has 0 spiro atoms. The first-order valence-corrected chi connectivity index (χ1v) is 5.04. The molecule has 0 aromatic heterocycles. The van der Waals surface area contributed by atoms with E-state index in [9.17, 15) is 0 Å². The summed E-state index contributed by atoms with van der Waals surface area (Å²) < 4.78 is 1.24. The SMILES string of the molecule is C#Cc1cccc2c(I)cccc12. The Morgan fingerprint density at radius 1 is 1.00 bits per heavy atom. The molecule has 62 valence electrons. The highest BCUT2D eigenvalue weighted by Gasteiger charge is 1.99. The fraction of sp³-hybridized carbons (Fsp3) is 0. The number of terminal acetylenes is 1. The highest BCUT2D eigenvalue weighted by atomic mass is 127. The lowest BCUT2D eigenvalue weighted by Gasteiger charge is -2.01. The Kier molecular flexibility index (Phi) is 2.24. The molecule has 1 heteroatoms. The van der Waals surface area contributed by atoms with E-state index < -0.39 is 0 Å². The van der Waals surface area contributed by atoms with Gasteiger partial charge >= 0.3 is 0 Å². The molecular formula is C12H7I. The van der Waals surface area contributed by atoms with Gasteiger partial charge in [0.15, 0.2) is 0 Å². The minimum atomic E-state index is 0.969. The summed E-state index contributed by atoms with van der Waals surface area (Å²) in [7, 11) is 0. The molecule has 0 aliphatic rings. The zero-order valence-electron chi connectivity index (χ0n) is 6.92. The molecule has 2 aromatic carbocycles. The fourth-order valence-electron chi connectivity index (χ4n) is 1.40. The van der Waals surface area contributed by atoms with Gasteiger partial charge in [-0.15, -0.1) is 6.42 Å². The van der Waals surface area contributed by atoms with Gasteiger partial charge in [0.05, 0.1) is 0 Å². The molecule has 2 rings (SSSR count). The number of hydrogen-bond acceptors (Lipinski definition) is 0. The number of halogens is 1. The first-order chi connectivity index (χ1) is 6.33. The third-order valence-corrected chi connectivity index (χ3v) is 2.97. The van der Waals surface area contributed by atoms with Crippen molar-refractivity contribution in [3.8, 4) is 12.3 Å². The van der Waals surface area contributed by atoms with Crippen LogP contribution < -0.4 is 0 Å². The molecule has 0 atom stereocenters. The second kappa shape index (κ2) is 3.39. The first-order valence-electron chi connectivity index (χ1n) is 3.97. The van der Waals surface area contributed by atoms with Gasteiger partial charge in [-0.05, 0) is 45.5 Å². The first kappa shape index (κ1) is 8.58. The second-order valence-corrected chi connectivity index (χ2v) is 3.95. The average Bonchev–Trinajstić information content (AvgIpc) is 2.18. The average molecular weight is 278 g/mol. The number of fused-ring (bicyclic) bond motifs is 1. The van der Waals surface area contributed by atoms with E-state index in [-0.39, 0.29) is 0 Å². The summed E-state index contributed by atoms with van der Waals surface area (Å²) in [5.41, 5.74) is 0.969. The van der Waals surface area contributed by atoms with E-state index in [4.69, 9.17) is 6.42 Å². The third kappa shape index (κ3) is 1.42. The predicted molar refractivity (Wildman–Crippen MR) is 64.6 cm³/mol. The summed E-state index contributed by atoms with van der Waals surface area (Å²) in [4.78, 5) is 0. The van der Waals surface area contributed by atoms with Gasteiger partial charge in [0.25, 0.3) is 0 Å². The third-order valence-electron chi connectivity index (χ3n) is 2.02. The smallest absolute Gasteiger partial charge is 0.0321 e. The molecule has 0 N–H and O–H groups in total. The van der Waals surface area contributed by atoms with Crippen LogP contribution in [0, 0.1) is 15.9 Å². The standard InChI is InChI=1S/C12H7I/c1-2-9-5-3-7-11-10(9)6-4-8-12(11)13/h1,3-8H. The number of benzene rings is 2. The molecule has 0 saturated heterocycles. The Balaban J connectivity index is 2.94. The maximum absolute atomic E-state index is 5.41. The lowest BCUT2D eigenvalue weighted by molar-refractivity contribution is 1.67. The van der Waals surface area contributed by atoms with Gasteiger partial charge in [0, 0.05) is 9.13 Å². The summed E-state index contributed by atoms with van der Waals surface area (Å²) in [6.45, 7) is 0. The Bertz CT molecular complexity index is 492. The highest BCUT2D eigenvalue weighted by molar-refractivity contribution is 14.1. The van der Waals surface area contributed by atoms with E-state index in [2.05, 4.69) is 46.7 Å². The van der Waals surface area contributed by atoms with Crippen molar-refractivity contribution >= 4 is 33.4 Å². The summed E-state index contributed by atoms with van der Waals surface area (Å²) in [5, 5.41) is 2.40. The summed E-state index contributed by atoms with van der Waals surface area (Å²) >= 11 is 2.32. The molecule has 13 heavy (non-hydrogen) atoms. The summed E-state index contributed by atoms with van der Waals surface area (Å²) in [5.74, 6) is 2.69. The fourth-order valence-corrected chi connectivity index (χ4v) is 2.08. The van der Waals surface area contributed by atoms with Crippen LogP contribution in [-0.2, 0) is 0 Å². The normalized spacial score (nSPS) is 9.85. The van der Waals surface area contributed by atoms with Crippen LogP contribution in [0.4, 0.5) is 0 Å². The van der Waals surface area contributed by atoms with Crippen molar-refractivity contribution in [3.05, 3.63) is 45.5 Å². The van der Waals surface area contributed by atoms with Crippen molar-refractivity contribution in [3.63, 3.8) is 0 Å². The van der Waals surface area contributed by atoms with Gasteiger partial charge in [0.1, 0.15) is 0 Å². The van der Waals surface area contributed by atoms with E-state index in [0.717, 1.165) is 10.9 Å². The van der Waals surface area contributed by atoms with Gasteiger partial charge in [-0.2, -0.15) is 0 Å². The van der Waals surface area contributed by atoms with Gasteiger partial charge in [-0.1, -0.05) is 30.2 Å². The highest BCUT2D eigenvalue weighted by Crippen LogP contribution is 2.22. The summed E-state index contributed by atoms with van der Waals surface area (Å²) in [6.07, 6.45) is 5.41.